The molecule has 1 radical (unpaired) electrons. The summed E-state index contributed by atoms with van der Waals surface area (Å²) in [4.78, 5) is 14.6. The Morgan fingerprint density at radius 3 is 3.25 bits per heavy atom. The van der Waals surface area contributed by atoms with Gasteiger partial charge in [-0.05, 0) is 30.2 Å². The Morgan fingerprint density at radius 1 is 1.56 bits per heavy atom. The van der Waals surface area contributed by atoms with Crippen LogP contribution in [-0.4, -0.2) is 17.4 Å². The molecule has 1 aromatic heterocycles. The molecule has 2 heterocycles. The molecular formula is C12H12N3O. The zero-order valence-corrected chi connectivity index (χ0v) is 8.71. The molecule has 1 unspecified atom stereocenters. The molecular weight excluding hydrogens is 202 g/mol. The van der Waals surface area contributed by atoms with Crippen LogP contribution in [0.25, 0.3) is 10.9 Å². The van der Waals surface area contributed by atoms with Crippen LogP contribution in [0.2, 0.25) is 0 Å². The highest BCUT2D eigenvalue weighted by Crippen LogP contribution is 2.29. The van der Waals surface area contributed by atoms with Gasteiger partial charge in [0.1, 0.15) is 6.04 Å². The molecule has 1 aliphatic heterocycles. The zero-order valence-electron chi connectivity index (χ0n) is 8.71. The maximum absolute atomic E-state index is 11.3. The number of aromatic nitrogens is 1. The second-order valence-electron chi connectivity index (χ2n) is 4.03. The van der Waals surface area contributed by atoms with Crippen LogP contribution in [0.1, 0.15) is 17.3 Å². The van der Waals surface area contributed by atoms with Crippen molar-refractivity contribution in [2.45, 2.75) is 12.5 Å². The van der Waals surface area contributed by atoms with Crippen LogP contribution < -0.4 is 11.1 Å². The number of nitrogens with one attached hydrogen (secondary N) is 2. The first-order chi connectivity index (χ1) is 7.77. The molecule has 0 aliphatic carbocycles. The van der Waals surface area contributed by atoms with E-state index >= 15 is 0 Å². The Hall–Kier alpha value is -1.81. The van der Waals surface area contributed by atoms with Gasteiger partial charge in [0.05, 0.1) is 0 Å². The molecule has 0 spiro atoms. The smallest absolute Gasteiger partial charge is 0.240 e. The standard InChI is InChI=1S/C12H12N3O/c13-12(16)11-10-8(5-6-14-11)7-3-1-2-4-9(7)15-10/h2-4,11,14-15H,5-6H2,(H2,13,16). The van der Waals surface area contributed by atoms with Gasteiger partial charge in [0.15, 0.2) is 0 Å². The maximum Gasteiger partial charge on any atom is 0.240 e. The van der Waals surface area contributed by atoms with Crippen molar-refractivity contribution >= 4 is 16.8 Å². The van der Waals surface area contributed by atoms with E-state index in [-0.39, 0.29) is 5.91 Å². The van der Waals surface area contributed by atoms with Crippen LogP contribution in [0.4, 0.5) is 0 Å². The van der Waals surface area contributed by atoms with Gasteiger partial charge in [0.2, 0.25) is 5.91 Å². The van der Waals surface area contributed by atoms with Gasteiger partial charge in [0, 0.05) is 23.1 Å². The number of amides is 1. The van der Waals surface area contributed by atoms with Gasteiger partial charge in [-0.3, -0.25) is 4.79 Å². The number of hydrogen-bond acceptors (Lipinski definition) is 2. The molecule has 16 heavy (non-hydrogen) atoms. The first kappa shape index (κ1) is 9.42. The maximum atomic E-state index is 11.3. The van der Waals surface area contributed by atoms with Crippen molar-refractivity contribution in [3.05, 3.63) is 35.5 Å². The molecule has 4 N–H and O–H groups in total. The number of carbonyl (C=O) groups excluding carboxylic acids is 1. The number of primary amides is 1. The topological polar surface area (TPSA) is 70.9 Å². The molecule has 4 nitrogen and oxygen atoms in total. The fraction of sp³-hybridized carbons (Fsp3) is 0.250. The predicted molar refractivity (Wildman–Crippen MR) is 60.8 cm³/mol. The molecule has 2 aromatic rings. The van der Waals surface area contributed by atoms with Gasteiger partial charge in [-0.2, -0.15) is 0 Å². The van der Waals surface area contributed by atoms with Crippen molar-refractivity contribution in [3.63, 3.8) is 0 Å². The lowest BCUT2D eigenvalue weighted by atomic mass is 9.99. The van der Waals surface area contributed by atoms with Gasteiger partial charge in [-0.1, -0.05) is 6.07 Å². The van der Waals surface area contributed by atoms with Gasteiger partial charge in [-0.15, -0.1) is 0 Å². The highest BCUT2D eigenvalue weighted by atomic mass is 16.1. The van der Waals surface area contributed by atoms with Gasteiger partial charge < -0.3 is 16.0 Å². The molecule has 0 saturated heterocycles. The van der Waals surface area contributed by atoms with E-state index in [4.69, 9.17) is 5.73 Å². The summed E-state index contributed by atoms with van der Waals surface area (Å²) in [6.07, 6.45) is 0.914. The average Bonchev–Trinajstić information content (AvgIpc) is 2.67. The Kier molecular flexibility index (Phi) is 1.97. The Bertz CT molecular complexity index is 558. The molecule has 1 atom stereocenters. The monoisotopic (exact) mass is 214 g/mol. The van der Waals surface area contributed by atoms with E-state index in [1.807, 2.05) is 18.2 Å². The zero-order chi connectivity index (χ0) is 11.1. The largest absolute Gasteiger partial charge is 0.368 e. The summed E-state index contributed by atoms with van der Waals surface area (Å²) in [6, 6.07) is 8.44. The summed E-state index contributed by atoms with van der Waals surface area (Å²) in [6.45, 7) is 0.780. The molecule has 3 rings (SSSR count). The van der Waals surface area contributed by atoms with E-state index in [2.05, 4.69) is 16.4 Å². The van der Waals surface area contributed by atoms with Crippen molar-refractivity contribution in [1.29, 1.82) is 0 Å². The Balaban J connectivity index is 2.25. The lowest BCUT2D eigenvalue weighted by Crippen LogP contribution is -2.38. The van der Waals surface area contributed by atoms with Crippen LogP contribution in [0, 0.1) is 6.07 Å². The number of carbonyl (C=O) groups is 1. The van der Waals surface area contributed by atoms with E-state index in [1.165, 1.54) is 5.56 Å². The van der Waals surface area contributed by atoms with E-state index in [9.17, 15) is 4.79 Å². The molecule has 1 aromatic carbocycles. The molecule has 1 amide bonds. The van der Waals surface area contributed by atoms with Crippen LogP contribution in [0.15, 0.2) is 18.2 Å². The Morgan fingerprint density at radius 2 is 2.44 bits per heavy atom. The summed E-state index contributed by atoms with van der Waals surface area (Å²) in [5.41, 5.74) is 8.51. The summed E-state index contributed by atoms with van der Waals surface area (Å²) in [5.74, 6) is -0.337. The van der Waals surface area contributed by atoms with Crippen molar-refractivity contribution in [1.82, 2.24) is 10.3 Å². The number of fused-ring (bicyclic) bond motifs is 3. The number of benzene rings is 1. The van der Waals surface area contributed by atoms with Gasteiger partial charge in [0.25, 0.3) is 0 Å². The summed E-state index contributed by atoms with van der Waals surface area (Å²) < 4.78 is 0. The van der Waals surface area contributed by atoms with Gasteiger partial charge >= 0.3 is 0 Å². The van der Waals surface area contributed by atoms with Crippen molar-refractivity contribution in [2.24, 2.45) is 5.73 Å². The van der Waals surface area contributed by atoms with E-state index in [0.29, 0.717) is 0 Å². The number of aromatic amines is 1. The summed E-state index contributed by atoms with van der Waals surface area (Å²) in [5, 5.41) is 4.26. The number of nitrogens with two attached hydrogens (primary N) is 1. The molecule has 4 heteroatoms. The fourth-order valence-corrected chi connectivity index (χ4v) is 2.36. The highest BCUT2D eigenvalue weighted by molar-refractivity contribution is 5.89. The van der Waals surface area contributed by atoms with E-state index < -0.39 is 6.04 Å². The number of rotatable bonds is 1. The fourth-order valence-electron chi connectivity index (χ4n) is 2.36. The number of H-pyrrole nitrogens is 1. The van der Waals surface area contributed by atoms with E-state index in [0.717, 1.165) is 29.6 Å². The minimum atomic E-state index is -0.392. The average molecular weight is 214 g/mol. The number of hydrogen-bond donors (Lipinski definition) is 3. The third kappa shape index (κ3) is 1.23. The van der Waals surface area contributed by atoms with Crippen LogP contribution in [0.3, 0.4) is 0 Å². The minimum absolute atomic E-state index is 0.337. The molecule has 81 valence electrons. The SMILES string of the molecule is NC(=O)C1NCCc2c1[nH]c1cc[c]cc21. The second kappa shape index (κ2) is 3.35. The lowest BCUT2D eigenvalue weighted by molar-refractivity contribution is -0.120. The lowest BCUT2D eigenvalue weighted by Gasteiger charge is -2.21. The molecule has 0 saturated carbocycles. The highest BCUT2D eigenvalue weighted by Gasteiger charge is 2.27. The third-order valence-corrected chi connectivity index (χ3v) is 3.08. The van der Waals surface area contributed by atoms with E-state index in [1.54, 1.807) is 0 Å². The van der Waals surface area contributed by atoms with Crippen LogP contribution in [-0.2, 0) is 11.2 Å². The first-order valence-corrected chi connectivity index (χ1v) is 5.30. The quantitative estimate of drug-likeness (QED) is 0.652. The molecule has 1 aliphatic rings. The third-order valence-electron chi connectivity index (χ3n) is 3.08. The summed E-state index contributed by atoms with van der Waals surface area (Å²) in [7, 11) is 0. The Labute approximate surface area is 92.8 Å². The second-order valence-corrected chi connectivity index (χ2v) is 4.03. The summed E-state index contributed by atoms with van der Waals surface area (Å²) >= 11 is 0. The van der Waals surface area contributed by atoms with Gasteiger partial charge in [-0.25, -0.2) is 0 Å². The first-order valence-electron chi connectivity index (χ1n) is 5.30. The van der Waals surface area contributed by atoms with Crippen molar-refractivity contribution < 1.29 is 4.79 Å². The normalized spacial score (nSPS) is 19.6. The minimum Gasteiger partial charge on any atom is -0.368 e. The van der Waals surface area contributed by atoms with Crippen molar-refractivity contribution in [2.75, 3.05) is 6.54 Å². The van der Waals surface area contributed by atoms with Crippen molar-refractivity contribution in [3.8, 4) is 0 Å². The molecule has 0 bridgehead atoms. The molecule has 0 fully saturated rings. The van der Waals surface area contributed by atoms with Crippen LogP contribution in [0.5, 0.6) is 0 Å². The van der Waals surface area contributed by atoms with Crippen LogP contribution >= 0.6 is 0 Å². The predicted octanol–water partition coefficient (Wildman–Crippen LogP) is 0.640.